The van der Waals surface area contributed by atoms with Gasteiger partial charge in [0.25, 0.3) is 8.53 Å². The molecule has 5 aromatic rings. The van der Waals surface area contributed by atoms with E-state index in [-0.39, 0.29) is 31.7 Å². The van der Waals surface area contributed by atoms with Crippen molar-refractivity contribution in [3.05, 3.63) is 108 Å². The highest BCUT2D eigenvalue weighted by molar-refractivity contribution is 7.44. The van der Waals surface area contributed by atoms with E-state index >= 15 is 4.39 Å². The molecule has 0 spiro atoms. The SMILES string of the molecule is CNc1ncnc2c1ncn2[C@@H]1O[C@H](COC(c2ccccc2)(c2ccc(OC)cc2)c2ccc(OC)cc2)[C@@H](OP(OCCC#N)N(C(C)C)C(C)C)[C@H]1F. The van der Waals surface area contributed by atoms with Crippen molar-refractivity contribution < 1.29 is 32.4 Å². The van der Waals surface area contributed by atoms with Crippen LogP contribution in [-0.4, -0.2) is 89.1 Å². The molecule has 56 heavy (non-hydrogen) atoms. The van der Waals surface area contributed by atoms with Crippen LogP contribution in [0.1, 0.15) is 57.0 Å². The maximum absolute atomic E-state index is 17.4. The molecule has 6 rings (SSSR count). The summed E-state index contributed by atoms with van der Waals surface area (Å²) in [6.07, 6.45) is -1.98. The quantitative estimate of drug-likeness (QED) is 0.0527. The highest BCUT2D eigenvalue weighted by Crippen LogP contribution is 2.51. The number of hydrogen-bond acceptors (Lipinski definition) is 12. The molecule has 13 nitrogen and oxygen atoms in total. The Morgan fingerprint density at radius 3 is 2.07 bits per heavy atom. The number of methoxy groups -OCH3 is 2. The van der Waals surface area contributed by atoms with Gasteiger partial charge in [0.15, 0.2) is 23.9 Å². The van der Waals surface area contributed by atoms with Crippen molar-refractivity contribution in [1.82, 2.24) is 24.2 Å². The normalized spacial score (nSPS) is 19.1. The Balaban J connectivity index is 1.46. The molecule has 0 radical (unpaired) electrons. The van der Waals surface area contributed by atoms with Gasteiger partial charge in [0.05, 0.1) is 46.3 Å². The Kier molecular flexibility index (Phi) is 13.5. The molecule has 1 aliphatic rings. The number of halogens is 1. The number of hydrogen-bond donors (Lipinski definition) is 1. The average molecular weight is 786 g/mol. The molecular formula is C41H49FN7O6P. The summed E-state index contributed by atoms with van der Waals surface area (Å²) < 4.78 is 59.0. The molecule has 1 fully saturated rings. The predicted octanol–water partition coefficient (Wildman–Crippen LogP) is 7.79. The molecule has 1 saturated heterocycles. The second-order valence-corrected chi connectivity index (χ2v) is 15.1. The minimum absolute atomic E-state index is 0.0146. The van der Waals surface area contributed by atoms with Crippen LogP contribution in [0.15, 0.2) is 91.5 Å². The summed E-state index contributed by atoms with van der Waals surface area (Å²) in [4.78, 5) is 13.2. The first-order valence-electron chi connectivity index (χ1n) is 18.5. The summed E-state index contributed by atoms with van der Waals surface area (Å²) in [5.41, 5.74) is 2.11. The first-order valence-corrected chi connectivity index (χ1v) is 19.7. The number of anilines is 1. The van der Waals surface area contributed by atoms with E-state index in [1.165, 1.54) is 12.7 Å². The van der Waals surface area contributed by atoms with Gasteiger partial charge >= 0.3 is 0 Å². The second-order valence-electron chi connectivity index (χ2n) is 13.7. The fourth-order valence-electron chi connectivity index (χ4n) is 7.08. The zero-order valence-corrected chi connectivity index (χ0v) is 33.6. The van der Waals surface area contributed by atoms with Crippen LogP contribution in [0.4, 0.5) is 10.2 Å². The maximum atomic E-state index is 17.4. The van der Waals surface area contributed by atoms with Crippen LogP contribution in [0.2, 0.25) is 0 Å². The Bertz CT molecular complexity index is 1990. The Morgan fingerprint density at radius 2 is 1.52 bits per heavy atom. The zero-order chi connectivity index (χ0) is 39.8. The third-order valence-corrected chi connectivity index (χ3v) is 11.8. The monoisotopic (exact) mass is 785 g/mol. The maximum Gasteiger partial charge on any atom is 0.259 e. The summed E-state index contributed by atoms with van der Waals surface area (Å²) in [5, 5.41) is 12.4. The smallest absolute Gasteiger partial charge is 0.259 e. The van der Waals surface area contributed by atoms with E-state index in [2.05, 4.69) is 31.0 Å². The fraction of sp³-hybridized carbons (Fsp3) is 0.415. The molecule has 0 bridgehead atoms. The van der Waals surface area contributed by atoms with Gasteiger partial charge in [-0.3, -0.25) is 4.57 Å². The molecule has 0 saturated carbocycles. The van der Waals surface area contributed by atoms with E-state index < -0.39 is 38.7 Å². The first kappa shape index (κ1) is 40.9. The number of nitrogens with one attached hydrogen (secondary N) is 1. The van der Waals surface area contributed by atoms with Gasteiger partial charge in [-0.25, -0.2) is 24.0 Å². The number of alkyl halides is 1. The second kappa shape index (κ2) is 18.5. The Hall–Kier alpha value is -4.74. The Morgan fingerprint density at radius 1 is 0.911 bits per heavy atom. The van der Waals surface area contributed by atoms with E-state index in [0.717, 1.165) is 16.7 Å². The van der Waals surface area contributed by atoms with Gasteiger partial charge in [0.1, 0.15) is 41.2 Å². The topological polar surface area (TPSA) is 138 Å². The molecule has 296 valence electrons. The molecule has 3 heterocycles. The van der Waals surface area contributed by atoms with Crippen molar-refractivity contribution in [3.63, 3.8) is 0 Å². The lowest BCUT2D eigenvalue weighted by Crippen LogP contribution is -2.41. The van der Waals surface area contributed by atoms with Crippen molar-refractivity contribution >= 4 is 25.5 Å². The van der Waals surface area contributed by atoms with Crippen molar-refractivity contribution in [3.8, 4) is 17.6 Å². The highest BCUT2D eigenvalue weighted by Gasteiger charge is 2.51. The summed E-state index contributed by atoms with van der Waals surface area (Å²) in [7, 11) is 3.11. The van der Waals surface area contributed by atoms with E-state index in [9.17, 15) is 5.26 Å². The van der Waals surface area contributed by atoms with Gasteiger partial charge in [0.2, 0.25) is 0 Å². The number of fused-ring (bicyclic) bond motifs is 1. The lowest BCUT2D eigenvalue weighted by Gasteiger charge is -2.39. The molecule has 2 aromatic heterocycles. The molecule has 0 amide bonds. The van der Waals surface area contributed by atoms with Crippen molar-refractivity contribution in [1.29, 1.82) is 5.26 Å². The highest BCUT2D eigenvalue weighted by atomic mass is 31.2. The summed E-state index contributed by atoms with van der Waals surface area (Å²) in [5.74, 6) is 1.87. The van der Waals surface area contributed by atoms with Gasteiger partial charge in [-0.1, -0.05) is 54.6 Å². The minimum atomic E-state index is -1.86. The molecule has 0 aliphatic carbocycles. The van der Waals surface area contributed by atoms with Crippen molar-refractivity contribution in [2.24, 2.45) is 0 Å². The van der Waals surface area contributed by atoms with Crippen LogP contribution in [0.25, 0.3) is 11.2 Å². The summed E-state index contributed by atoms with van der Waals surface area (Å²) >= 11 is 0. The molecule has 1 N–H and O–H groups in total. The molecule has 1 unspecified atom stereocenters. The summed E-state index contributed by atoms with van der Waals surface area (Å²) in [6, 6.07) is 27.3. The van der Waals surface area contributed by atoms with Gasteiger partial charge in [0, 0.05) is 19.1 Å². The Labute approximate surface area is 328 Å². The number of ether oxygens (including phenoxy) is 4. The third-order valence-electron chi connectivity index (χ3n) is 9.65. The number of imidazole rings is 1. The first-order chi connectivity index (χ1) is 27.2. The average Bonchev–Trinajstić information content (AvgIpc) is 3.78. The van der Waals surface area contributed by atoms with Gasteiger partial charge in [-0.15, -0.1) is 0 Å². The number of benzene rings is 3. The lowest BCUT2D eigenvalue weighted by atomic mass is 9.80. The van der Waals surface area contributed by atoms with Crippen LogP contribution in [0, 0.1) is 11.3 Å². The summed E-state index contributed by atoms with van der Waals surface area (Å²) in [6.45, 7) is 8.13. The minimum Gasteiger partial charge on any atom is -0.497 e. The van der Waals surface area contributed by atoms with E-state index in [4.69, 9.17) is 28.0 Å². The number of nitriles is 1. The molecule has 15 heteroatoms. The molecule has 1 aliphatic heterocycles. The van der Waals surface area contributed by atoms with Gasteiger partial charge in [-0.05, 0) is 68.7 Å². The standard InChI is InChI=1S/C41H49FN7O6P/c1-27(2)49(28(3)4)56(53-23-11-22-43)55-37-34(54-40(35(37)42)48-26-47-36-38(44-5)45-25-46-39(36)48)24-52-41(29-12-9-8-10-13-29,30-14-18-32(50-6)19-15-30)31-16-20-33(51-7)21-17-31/h8-10,12-21,25-28,34-35,37,40H,11,23-24H2,1-7H3,(H,44,45,46)/t34-,35-,37-,40-,56?/m1/s1. The van der Waals surface area contributed by atoms with Crippen molar-refractivity contribution in [2.45, 2.75) is 76.4 Å². The van der Waals surface area contributed by atoms with Crippen LogP contribution < -0.4 is 14.8 Å². The van der Waals surface area contributed by atoms with E-state index in [0.29, 0.717) is 28.5 Å². The number of rotatable bonds is 18. The number of nitrogens with zero attached hydrogens (tertiary/aromatic N) is 6. The van der Waals surface area contributed by atoms with Crippen LogP contribution in [0.5, 0.6) is 11.5 Å². The van der Waals surface area contributed by atoms with Crippen LogP contribution in [0.3, 0.4) is 0 Å². The molecule has 3 aromatic carbocycles. The van der Waals surface area contributed by atoms with Crippen LogP contribution in [-0.2, 0) is 24.1 Å². The van der Waals surface area contributed by atoms with Crippen molar-refractivity contribution in [2.75, 3.05) is 39.8 Å². The molecule has 5 atom stereocenters. The zero-order valence-electron chi connectivity index (χ0n) is 32.7. The molecular weight excluding hydrogens is 736 g/mol. The van der Waals surface area contributed by atoms with Gasteiger partial charge < -0.3 is 33.3 Å². The number of aromatic nitrogens is 4. The lowest BCUT2D eigenvalue weighted by molar-refractivity contribution is -0.0919. The van der Waals surface area contributed by atoms with E-state index in [1.807, 2.05) is 107 Å². The van der Waals surface area contributed by atoms with Crippen LogP contribution >= 0.6 is 8.53 Å². The fourth-order valence-corrected chi connectivity index (χ4v) is 8.84. The third kappa shape index (κ3) is 8.34. The largest absolute Gasteiger partial charge is 0.497 e. The van der Waals surface area contributed by atoms with E-state index in [1.54, 1.807) is 25.8 Å². The predicted molar refractivity (Wildman–Crippen MR) is 212 cm³/mol. The van der Waals surface area contributed by atoms with Gasteiger partial charge in [-0.2, -0.15) is 5.26 Å².